The average molecular weight is 535 g/mol. The molecule has 0 aliphatic rings. The summed E-state index contributed by atoms with van der Waals surface area (Å²) in [5, 5.41) is 12.4. The minimum absolute atomic E-state index is 0.0352. The summed E-state index contributed by atoms with van der Waals surface area (Å²) in [6.07, 6.45) is 4.30. The quantitative estimate of drug-likeness (QED) is 0.300. The highest BCUT2D eigenvalue weighted by atomic mass is 32.2. The minimum atomic E-state index is -3.85. The molecule has 9 nitrogen and oxygen atoms in total. The molecule has 1 amide bonds. The van der Waals surface area contributed by atoms with Crippen molar-refractivity contribution in [2.75, 3.05) is 25.4 Å². The van der Waals surface area contributed by atoms with Gasteiger partial charge in [-0.3, -0.25) is 4.79 Å². The number of esters is 1. The maximum Gasteiger partial charge on any atom is 0.328 e. The van der Waals surface area contributed by atoms with Crippen molar-refractivity contribution in [1.82, 2.24) is 15.1 Å². The van der Waals surface area contributed by atoms with E-state index in [-0.39, 0.29) is 10.6 Å². The van der Waals surface area contributed by atoms with Crippen molar-refractivity contribution in [2.45, 2.75) is 22.3 Å². The Labute approximate surface area is 212 Å². The number of primary sulfonamides is 1. The van der Waals surface area contributed by atoms with Gasteiger partial charge in [0, 0.05) is 10.5 Å². The largest absolute Gasteiger partial charge is 0.467 e. The van der Waals surface area contributed by atoms with Crippen molar-refractivity contribution in [1.29, 1.82) is 0 Å². The van der Waals surface area contributed by atoms with Gasteiger partial charge in [-0.2, -0.15) is 16.9 Å². The Morgan fingerprint density at radius 3 is 2.31 bits per heavy atom. The highest BCUT2D eigenvalue weighted by Gasteiger charge is 2.24. The van der Waals surface area contributed by atoms with Crippen LogP contribution in [0.5, 0.6) is 0 Å². The van der Waals surface area contributed by atoms with Gasteiger partial charge in [0.05, 0.1) is 23.4 Å². The Morgan fingerprint density at radius 1 is 1.11 bits per heavy atom. The number of benzene rings is 2. The number of aromatic nitrogens is 2. The number of methoxy groups -OCH3 is 1. The van der Waals surface area contributed by atoms with Crippen LogP contribution in [0.3, 0.4) is 0 Å². The lowest BCUT2D eigenvalue weighted by molar-refractivity contribution is -0.142. The van der Waals surface area contributed by atoms with Gasteiger partial charge in [0.2, 0.25) is 10.0 Å². The van der Waals surface area contributed by atoms with Crippen molar-refractivity contribution in [2.24, 2.45) is 5.14 Å². The van der Waals surface area contributed by atoms with Crippen LogP contribution in [0, 0.1) is 0 Å². The standard InChI is InChI=1S/C23H26N4O5S3/c1-32-23(29)19(12-13-33-2)25-22(28)20-14-21(15-4-8-17(34-3)9-5-15)27(26-20)16-6-10-18(11-7-16)35(24,30)31/h4-11,14,19H,12-13H2,1-3H3,(H,25,28)(H2,24,30,31). The van der Waals surface area contributed by atoms with E-state index in [2.05, 4.69) is 10.4 Å². The SMILES string of the molecule is COC(=O)C(CCSC)NC(=O)c1cc(-c2ccc(SC)cc2)n(-c2ccc(S(N)(=O)=O)cc2)n1. The van der Waals surface area contributed by atoms with Gasteiger partial charge in [0.25, 0.3) is 5.91 Å². The second kappa shape index (κ2) is 11.8. The summed E-state index contributed by atoms with van der Waals surface area (Å²) >= 11 is 3.16. The van der Waals surface area contributed by atoms with Crippen LogP contribution in [0.15, 0.2) is 64.4 Å². The number of ether oxygens (including phenoxy) is 1. The molecule has 0 bridgehead atoms. The van der Waals surface area contributed by atoms with E-state index in [9.17, 15) is 18.0 Å². The van der Waals surface area contributed by atoms with Gasteiger partial charge in [-0.1, -0.05) is 12.1 Å². The maximum atomic E-state index is 13.1. The third-order valence-corrected chi connectivity index (χ3v) is 7.46. The van der Waals surface area contributed by atoms with Crippen LogP contribution in [0.1, 0.15) is 16.9 Å². The van der Waals surface area contributed by atoms with E-state index in [0.717, 1.165) is 10.5 Å². The summed E-state index contributed by atoms with van der Waals surface area (Å²) in [5.74, 6) is -0.389. The molecule has 1 aromatic heterocycles. The Bertz CT molecular complexity index is 1290. The molecule has 3 aromatic rings. The minimum Gasteiger partial charge on any atom is -0.467 e. The van der Waals surface area contributed by atoms with Crippen molar-refractivity contribution >= 4 is 45.4 Å². The van der Waals surface area contributed by atoms with Gasteiger partial charge in [-0.15, -0.1) is 11.8 Å². The van der Waals surface area contributed by atoms with Crippen molar-refractivity contribution in [3.63, 3.8) is 0 Å². The number of nitrogens with two attached hydrogens (primary N) is 1. The fourth-order valence-electron chi connectivity index (χ4n) is 3.29. The monoisotopic (exact) mass is 534 g/mol. The number of carbonyl (C=O) groups is 2. The first-order valence-corrected chi connectivity index (χ1v) is 14.6. The van der Waals surface area contributed by atoms with E-state index in [1.54, 1.807) is 46.4 Å². The summed E-state index contributed by atoms with van der Waals surface area (Å²) in [6, 6.07) is 14.4. The molecule has 0 spiro atoms. The number of hydrogen-bond acceptors (Lipinski definition) is 8. The molecule has 0 aliphatic heterocycles. The summed E-state index contributed by atoms with van der Waals surface area (Å²) in [7, 11) is -2.58. The molecule has 0 saturated heterocycles. The fourth-order valence-corrected chi connectivity index (χ4v) is 4.69. The predicted octanol–water partition coefficient (Wildman–Crippen LogP) is 2.93. The molecule has 0 fully saturated rings. The van der Waals surface area contributed by atoms with Gasteiger partial charge in [0.1, 0.15) is 6.04 Å². The van der Waals surface area contributed by atoms with E-state index in [1.807, 2.05) is 36.8 Å². The van der Waals surface area contributed by atoms with Gasteiger partial charge in [0.15, 0.2) is 5.69 Å². The molecule has 1 unspecified atom stereocenters. The van der Waals surface area contributed by atoms with Gasteiger partial charge in [-0.25, -0.2) is 23.0 Å². The topological polar surface area (TPSA) is 133 Å². The third kappa shape index (κ3) is 6.66. The first-order valence-electron chi connectivity index (χ1n) is 10.4. The molecular weight excluding hydrogens is 508 g/mol. The van der Waals surface area contributed by atoms with Crippen LogP contribution in [0.4, 0.5) is 0 Å². The Kier molecular flexibility index (Phi) is 9.00. The summed E-state index contributed by atoms with van der Waals surface area (Å²) in [6.45, 7) is 0. The first-order chi connectivity index (χ1) is 16.7. The number of nitrogens with one attached hydrogen (secondary N) is 1. The Balaban J connectivity index is 2.02. The predicted molar refractivity (Wildman–Crippen MR) is 138 cm³/mol. The van der Waals surface area contributed by atoms with Crippen LogP contribution in [0.2, 0.25) is 0 Å². The zero-order valence-corrected chi connectivity index (χ0v) is 21.9. The number of nitrogens with zero attached hydrogens (tertiary/aromatic N) is 2. The number of amides is 1. The van der Waals surface area contributed by atoms with E-state index in [0.29, 0.717) is 23.6 Å². The third-order valence-electron chi connectivity index (χ3n) is 5.14. The number of hydrogen-bond donors (Lipinski definition) is 2. The van der Waals surface area contributed by atoms with Crippen molar-refractivity contribution in [3.8, 4) is 16.9 Å². The molecule has 1 heterocycles. The smallest absolute Gasteiger partial charge is 0.328 e. The molecule has 3 rings (SSSR count). The molecule has 2 aromatic carbocycles. The second-order valence-electron chi connectivity index (χ2n) is 7.42. The lowest BCUT2D eigenvalue weighted by Gasteiger charge is -2.15. The number of carbonyl (C=O) groups excluding carboxylic acids is 2. The van der Waals surface area contributed by atoms with Crippen molar-refractivity contribution < 1.29 is 22.7 Å². The number of rotatable bonds is 10. The molecule has 0 radical (unpaired) electrons. The first kappa shape index (κ1) is 26.8. The highest BCUT2D eigenvalue weighted by molar-refractivity contribution is 7.98. The van der Waals surface area contributed by atoms with Crippen LogP contribution < -0.4 is 10.5 Å². The summed E-state index contributed by atoms with van der Waals surface area (Å²) in [5.41, 5.74) is 2.05. The molecular formula is C23H26N4O5S3. The number of thioether (sulfide) groups is 2. The Morgan fingerprint density at radius 2 is 1.77 bits per heavy atom. The summed E-state index contributed by atoms with van der Waals surface area (Å²) < 4.78 is 29.7. The van der Waals surface area contributed by atoms with Crippen LogP contribution >= 0.6 is 23.5 Å². The van der Waals surface area contributed by atoms with Crippen molar-refractivity contribution in [3.05, 3.63) is 60.3 Å². The van der Waals surface area contributed by atoms with E-state index >= 15 is 0 Å². The van der Waals surface area contributed by atoms with E-state index in [4.69, 9.17) is 9.88 Å². The van der Waals surface area contributed by atoms with E-state index < -0.39 is 27.9 Å². The van der Waals surface area contributed by atoms with Crippen LogP contribution in [-0.2, 0) is 19.6 Å². The second-order valence-corrected chi connectivity index (χ2v) is 10.9. The van der Waals surface area contributed by atoms with Gasteiger partial charge in [-0.05, 0) is 67.1 Å². The fraction of sp³-hybridized carbons (Fsp3) is 0.261. The lowest BCUT2D eigenvalue weighted by Crippen LogP contribution is -2.42. The van der Waals surface area contributed by atoms with Crippen LogP contribution in [0.25, 0.3) is 16.9 Å². The molecule has 186 valence electrons. The maximum absolute atomic E-state index is 13.1. The van der Waals surface area contributed by atoms with Gasteiger partial charge < -0.3 is 10.1 Å². The molecule has 35 heavy (non-hydrogen) atoms. The average Bonchev–Trinajstić information content (AvgIpc) is 3.31. The van der Waals surface area contributed by atoms with Crippen LogP contribution in [-0.4, -0.2) is 61.5 Å². The Hall–Kier alpha value is -2.80. The molecule has 12 heteroatoms. The molecule has 1 atom stereocenters. The highest BCUT2D eigenvalue weighted by Crippen LogP contribution is 2.27. The summed E-state index contributed by atoms with van der Waals surface area (Å²) in [4.78, 5) is 26.2. The zero-order valence-electron chi connectivity index (χ0n) is 19.4. The zero-order chi connectivity index (χ0) is 25.6. The number of sulfonamides is 1. The molecule has 3 N–H and O–H groups in total. The van der Waals surface area contributed by atoms with Gasteiger partial charge >= 0.3 is 5.97 Å². The normalized spacial score (nSPS) is 12.2. The van der Waals surface area contributed by atoms with E-state index in [1.165, 1.54) is 19.2 Å². The molecule has 0 aliphatic carbocycles. The lowest BCUT2D eigenvalue weighted by atomic mass is 10.1. The molecule has 0 saturated carbocycles.